The first kappa shape index (κ1) is 17.5. The molecule has 1 rings (SSSR count). The first-order valence-corrected chi connectivity index (χ1v) is 7.36. The molecule has 2 N–H and O–H groups in total. The zero-order chi connectivity index (χ0) is 15.0. The minimum absolute atomic E-state index is 0.121. The van der Waals surface area contributed by atoms with Crippen LogP contribution in [0.15, 0.2) is 18.2 Å². The summed E-state index contributed by atoms with van der Waals surface area (Å²) in [6.45, 7) is 5.87. The lowest BCUT2D eigenvalue weighted by atomic mass is 10.3. The molecule has 114 valence electrons. The second kappa shape index (κ2) is 9.42. The van der Waals surface area contributed by atoms with Crippen LogP contribution in [0.1, 0.15) is 13.8 Å². The summed E-state index contributed by atoms with van der Waals surface area (Å²) in [4.78, 5) is 0. The molecule has 0 amide bonds. The van der Waals surface area contributed by atoms with Crippen LogP contribution in [0.25, 0.3) is 0 Å². The molecule has 6 heteroatoms. The number of benzene rings is 1. The Balaban J connectivity index is 2.26. The van der Waals surface area contributed by atoms with Gasteiger partial charge in [0.25, 0.3) is 0 Å². The summed E-state index contributed by atoms with van der Waals surface area (Å²) < 4.78 is 10.8. The van der Waals surface area contributed by atoms with E-state index in [-0.39, 0.29) is 12.7 Å². The van der Waals surface area contributed by atoms with Crippen LogP contribution < -0.4 is 10.1 Å². The van der Waals surface area contributed by atoms with Crippen LogP contribution in [0.3, 0.4) is 0 Å². The Bertz CT molecular complexity index is 404. The molecule has 2 unspecified atom stereocenters. The zero-order valence-corrected chi connectivity index (χ0v) is 13.2. The molecule has 0 bridgehead atoms. The maximum absolute atomic E-state index is 9.81. The highest BCUT2D eigenvalue weighted by Crippen LogP contribution is 2.27. The predicted molar refractivity (Wildman–Crippen MR) is 81.9 cm³/mol. The van der Waals surface area contributed by atoms with Gasteiger partial charge in [0.05, 0.1) is 11.1 Å². The Hall–Kier alpha value is -0.520. The number of ether oxygens (including phenoxy) is 2. The van der Waals surface area contributed by atoms with Crippen LogP contribution in [0.4, 0.5) is 0 Å². The topological polar surface area (TPSA) is 50.7 Å². The van der Waals surface area contributed by atoms with Crippen molar-refractivity contribution >= 4 is 23.2 Å². The second-order valence-electron chi connectivity index (χ2n) is 4.46. The molecule has 20 heavy (non-hydrogen) atoms. The Morgan fingerprint density at radius 1 is 1.30 bits per heavy atom. The maximum atomic E-state index is 9.81. The van der Waals surface area contributed by atoms with Gasteiger partial charge < -0.3 is 19.9 Å². The summed E-state index contributed by atoms with van der Waals surface area (Å²) in [5.41, 5.74) is 0. The lowest BCUT2D eigenvalue weighted by Gasteiger charge is -2.16. The van der Waals surface area contributed by atoms with E-state index in [4.69, 9.17) is 32.7 Å². The molecule has 2 atom stereocenters. The van der Waals surface area contributed by atoms with E-state index in [1.807, 2.05) is 13.8 Å². The van der Waals surface area contributed by atoms with E-state index >= 15 is 0 Å². The van der Waals surface area contributed by atoms with Crippen molar-refractivity contribution < 1.29 is 14.6 Å². The van der Waals surface area contributed by atoms with Gasteiger partial charge in [-0.2, -0.15) is 0 Å². The first-order chi connectivity index (χ1) is 9.52. The van der Waals surface area contributed by atoms with Crippen molar-refractivity contribution in [2.75, 3.05) is 26.3 Å². The molecule has 0 saturated carbocycles. The van der Waals surface area contributed by atoms with Crippen LogP contribution in [0.2, 0.25) is 10.0 Å². The van der Waals surface area contributed by atoms with Gasteiger partial charge in [0, 0.05) is 30.8 Å². The molecule has 0 fully saturated rings. The molecule has 1 aromatic carbocycles. The van der Waals surface area contributed by atoms with Crippen LogP contribution in [0, 0.1) is 0 Å². The minimum Gasteiger partial charge on any atom is -0.489 e. The van der Waals surface area contributed by atoms with E-state index in [2.05, 4.69) is 5.32 Å². The third kappa shape index (κ3) is 6.77. The second-order valence-corrected chi connectivity index (χ2v) is 5.31. The van der Waals surface area contributed by atoms with E-state index in [9.17, 15) is 5.11 Å². The molecule has 4 nitrogen and oxygen atoms in total. The van der Waals surface area contributed by atoms with E-state index < -0.39 is 6.10 Å². The molecule has 0 saturated heterocycles. The van der Waals surface area contributed by atoms with Crippen molar-refractivity contribution in [3.8, 4) is 5.75 Å². The van der Waals surface area contributed by atoms with Gasteiger partial charge in [-0.1, -0.05) is 23.2 Å². The molecule has 0 aliphatic heterocycles. The highest BCUT2D eigenvalue weighted by molar-refractivity contribution is 6.34. The number of hydrogen-bond donors (Lipinski definition) is 2. The normalized spacial score (nSPS) is 14.1. The summed E-state index contributed by atoms with van der Waals surface area (Å²) in [5, 5.41) is 13.9. The van der Waals surface area contributed by atoms with Crippen LogP contribution in [-0.2, 0) is 4.74 Å². The molecular formula is C14H21Cl2NO3. The molecule has 0 aliphatic rings. The highest BCUT2D eigenvalue weighted by Gasteiger charge is 2.09. The van der Waals surface area contributed by atoms with Gasteiger partial charge in [-0.05, 0) is 26.0 Å². The molecule has 0 aromatic heterocycles. The van der Waals surface area contributed by atoms with Crippen LogP contribution >= 0.6 is 23.2 Å². The summed E-state index contributed by atoms with van der Waals surface area (Å²) in [5.74, 6) is 0.473. The van der Waals surface area contributed by atoms with Crippen molar-refractivity contribution in [2.45, 2.75) is 26.1 Å². The molecular weight excluding hydrogens is 301 g/mol. The molecule has 0 heterocycles. The summed E-state index contributed by atoms with van der Waals surface area (Å²) in [7, 11) is 0. The van der Waals surface area contributed by atoms with Gasteiger partial charge in [0.15, 0.2) is 0 Å². The van der Waals surface area contributed by atoms with Gasteiger partial charge >= 0.3 is 0 Å². The van der Waals surface area contributed by atoms with Crippen molar-refractivity contribution in [1.82, 2.24) is 5.32 Å². The van der Waals surface area contributed by atoms with Gasteiger partial charge in [-0.15, -0.1) is 0 Å². The van der Waals surface area contributed by atoms with E-state index in [0.29, 0.717) is 35.5 Å². The van der Waals surface area contributed by atoms with Gasteiger partial charge in [0.2, 0.25) is 0 Å². The van der Waals surface area contributed by atoms with E-state index in [0.717, 1.165) is 0 Å². The number of aliphatic hydroxyl groups excluding tert-OH is 1. The number of aliphatic hydroxyl groups is 1. The van der Waals surface area contributed by atoms with Crippen molar-refractivity contribution in [2.24, 2.45) is 0 Å². The fourth-order valence-corrected chi connectivity index (χ4v) is 1.96. The van der Waals surface area contributed by atoms with Crippen molar-refractivity contribution in [3.63, 3.8) is 0 Å². The standard InChI is InChI=1S/C14H21Cl2NO3/c1-3-19-10(2)7-17-8-12(18)9-20-14-6-11(15)4-5-13(14)16/h4-6,10,12,17-18H,3,7-9H2,1-2H3. The Labute approximate surface area is 130 Å². The van der Waals surface area contributed by atoms with Crippen molar-refractivity contribution in [1.29, 1.82) is 0 Å². The minimum atomic E-state index is -0.626. The van der Waals surface area contributed by atoms with E-state index in [1.165, 1.54) is 0 Å². The number of hydrogen-bond acceptors (Lipinski definition) is 4. The predicted octanol–water partition coefficient (Wildman–Crippen LogP) is 2.75. The zero-order valence-electron chi connectivity index (χ0n) is 11.7. The molecule has 0 spiro atoms. The fraction of sp³-hybridized carbons (Fsp3) is 0.571. The van der Waals surface area contributed by atoms with E-state index in [1.54, 1.807) is 18.2 Å². The SMILES string of the molecule is CCOC(C)CNCC(O)COc1cc(Cl)ccc1Cl. The molecule has 0 radical (unpaired) electrons. The number of rotatable bonds is 9. The highest BCUT2D eigenvalue weighted by atomic mass is 35.5. The summed E-state index contributed by atoms with van der Waals surface area (Å²) in [6.07, 6.45) is -0.505. The van der Waals surface area contributed by atoms with Gasteiger partial charge in [-0.25, -0.2) is 0 Å². The summed E-state index contributed by atoms with van der Waals surface area (Å²) >= 11 is 11.8. The first-order valence-electron chi connectivity index (χ1n) is 6.61. The van der Waals surface area contributed by atoms with Gasteiger partial charge in [-0.3, -0.25) is 0 Å². The fourth-order valence-electron chi connectivity index (χ4n) is 1.63. The third-order valence-corrected chi connectivity index (χ3v) is 3.13. The average Bonchev–Trinajstić information content (AvgIpc) is 2.40. The summed E-state index contributed by atoms with van der Waals surface area (Å²) in [6, 6.07) is 4.97. The lowest BCUT2D eigenvalue weighted by Crippen LogP contribution is -2.35. The van der Waals surface area contributed by atoms with Crippen LogP contribution in [0.5, 0.6) is 5.75 Å². The van der Waals surface area contributed by atoms with Gasteiger partial charge in [0.1, 0.15) is 18.5 Å². The molecule has 0 aliphatic carbocycles. The lowest BCUT2D eigenvalue weighted by molar-refractivity contribution is 0.0672. The number of halogens is 2. The quantitative estimate of drug-likeness (QED) is 0.734. The smallest absolute Gasteiger partial charge is 0.139 e. The monoisotopic (exact) mass is 321 g/mol. The van der Waals surface area contributed by atoms with Crippen LogP contribution in [-0.4, -0.2) is 43.6 Å². The Morgan fingerprint density at radius 2 is 2.05 bits per heavy atom. The average molecular weight is 322 g/mol. The van der Waals surface area contributed by atoms with Crippen molar-refractivity contribution in [3.05, 3.63) is 28.2 Å². The Morgan fingerprint density at radius 3 is 2.75 bits per heavy atom. The Kier molecular flexibility index (Phi) is 8.26. The maximum Gasteiger partial charge on any atom is 0.139 e. The molecule has 1 aromatic rings. The third-order valence-electron chi connectivity index (χ3n) is 2.59. The largest absolute Gasteiger partial charge is 0.489 e. The number of nitrogens with one attached hydrogen (secondary N) is 1.